The highest BCUT2D eigenvalue weighted by Crippen LogP contribution is 2.15. The van der Waals surface area contributed by atoms with E-state index in [1.165, 1.54) is 0 Å². The zero-order chi connectivity index (χ0) is 12.6. The molecule has 4 heteroatoms. The molecule has 2 rings (SSSR count). The van der Waals surface area contributed by atoms with E-state index in [2.05, 4.69) is 11.8 Å². The third-order valence-electron chi connectivity index (χ3n) is 2.19. The van der Waals surface area contributed by atoms with E-state index in [4.69, 9.17) is 14.3 Å². The van der Waals surface area contributed by atoms with E-state index >= 15 is 0 Å². The lowest BCUT2D eigenvalue weighted by Crippen LogP contribution is -1.90. The summed E-state index contributed by atoms with van der Waals surface area (Å²) in [6, 6.07) is 5.75. The first kappa shape index (κ1) is 12.9. The summed E-state index contributed by atoms with van der Waals surface area (Å²) in [6.07, 6.45) is 2.15. The minimum Gasteiger partial charge on any atom is -0.467 e. The summed E-state index contributed by atoms with van der Waals surface area (Å²) in [7, 11) is 0. The van der Waals surface area contributed by atoms with E-state index in [1.807, 2.05) is 23.6 Å². The van der Waals surface area contributed by atoms with Gasteiger partial charge >= 0.3 is 0 Å². The fraction of sp³-hybridized carbons (Fsp3) is 0.286. The Balaban J connectivity index is 1.78. The number of thiophene rings is 1. The topological polar surface area (TPSA) is 42.6 Å². The highest BCUT2D eigenvalue weighted by atomic mass is 32.1. The van der Waals surface area contributed by atoms with Gasteiger partial charge in [0, 0.05) is 22.2 Å². The number of aliphatic hydroxyl groups is 1. The zero-order valence-corrected chi connectivity index (χ0v) is 10.7. The Labute approximate surface area is 110 Å². The van der Waals surface area contributed by atoms with Gasteiger partial charge in [0.2, 0.25) is 0 Å². The van der Waals surface area contributed by atoms with Crippen LogP contribution in [0.4, 0.5) is 0 Å². The number of hydrogen-bond acceptors (Lipinski definition) is 4. The summed E-state index contributed by atoms with van der Waals surface area (Å²) < 4.78 is 10.7. The molecule has 0 aliphatic rings. The minimum absolute atomic E-state index is 0.107. The molecular formula is C14H14O3S. The summed E-state index contributed by atoms with van der Waals surface area (Å²) in [5.74, 6) is 6.72. The summed E-state index contributed by atoms with van der Waals surface area (Å²) in [4.78, 5) is 1.13. The van der Waals surface area contributed by atoms with Crippen LogP contribution < -0.4 is 0 Å². The van der Waals surface area contributed by atoms with Crippen LogP contribution in [0.1, 0.15) is 22.6 Å². The molecule has 1 N–H and O–H groups in total. The van der Waals surface area contributed by atoms with E-state index in [0.29, 0.717) is 19.6 Å². The third kappa shape index (κ3) is 4.04. The molecule has 0 bridgehead atoms. The lowest BCUT2D eigenvalue weighted by molar-refractivity contribution is 0.0948. The van der Waals surface area contributed by atoms with Crippen LogP contribution in [0.25, 0.3) is 0 Å². The second kappa shape index (κ2) is 7.02. The molecule has 0 radical (unpaired) electrons. The average Bonchev–Trinajstić information content (AvgIpc) is 3.01. The zero-order valence-electron chi connectivity index (χ0n) is 9.89. The van der Waals surface area contributed by atoms with Gasteiger partial charge in [0.05, 0.1) is 19.5 Å². The van der Waals surface area contributed by atoms with Crippen LogP contribution in [-0.4, -0.2) is 11.7 Å². The summed E-state index contributed by atoms with van der Waals surface area (Å²) >= 11 is 1.62. The Morgan fingerprint density at radius 2 is 2.33 bits per heavy atom. The molecule has 0 aliphatic heterocycles. The van der Waals surface area contributed by atoms with Crippen molar-refractivity contribution >= 4 is 11.3 Å². The normalized spacial score (nSPS) is 10.1. The van der Waals surface area contributed by atoms with Crippen molar-refractivity contribution in [3.63, 3.8) is 0 Å². The van der Waals surface area contributed by atoms with Gasteiger partial charge in [-0.15, -0.1) is 11.3 Å². The lowest BCUT2D eigenvalue weighted by Gasteiger charge is -1.98. The van der Waals surface area contributed by atoms with Crippen LogP contribution in [0.5, 0.6) is 0 Å². The number of ether oxygens (including phenoxy) is 1. The van der Waals surface area contributed by atoms with Gasteiger partial charge in [0.25, 0.3) is 0 Å². The molecule has 94 valence electrons. The Bertz CT molecular complexity index is 517. The predicted octanol–water partition coefficient (Wildman–Crippen LogP) is 2.79. The van der Waals surface area contributed by atoms with Gasteiger partial charge in [-0.1, -0.05) is 11.8 Å². The third-order valence-corrected chi connectivity index (χ3v) is 3.10. The van der Waals surface area contributed by atoms with Crippen LogP contribution in [0.2, 0.25) is 0 Å². The Morgan fingerprint density at radius 3 is 3.11 bits per heavy atom. The molecule has 0 aliphatic carbocycles. The van der Waals surface area contributed by atoms with Crippen LogP contribution in [-0.2, 0) is 18.0 Å². The molecule has 0 spiro atoms. The highest BCUT2D eigenvalue weighted by molar-refractivity contribution is 7.10. The van der Waals surface area contributed by atoms with Crippen LogP contribution >= 0.6 is 11.3 Å². The molecule has 0 fully saturated rings. The van der Waals surface area contributed by atoms with Crippen LogP contribution in [0.15, 0.2) is 34.3 Å². The quantitative estimate of drug-likeness (QED) is 0.843. The molecule has 2 heterocycles. The molecule has 0 atom stereocenters. The van der Waals surface area contributed by atoms with Gasteiger partial charge < -0.3 is 14.3 Å². The van der Waals surface area contributed by atoms with Gasteiger partial charge in [-0.25, -0.2) is 0 Å². The molecule has 2 aromatic heterocycles. The van der Waals surface area contributed by atoms with Crippen molar-refractivity contribution in [3.05, 3.63) is 46.0 Å². The first-order chi connectivity index (χ1) is 8.88. The second-order valence-corrected chi connectivity index (χ2v) is 4.65. The van der Waals surface area contributed by atoms with Crippen LogP contribution in [0.3, 0.4) is 0 Å². The van der Waals surface area contributed by atoms with Gasteiger partial charge in [-0.3, -0.25) is 0 Å². The van der Waals surface area contributed by atoms with Gasteiger partial charge in [-0.2, -0.15) is 0 Å². The summed E-state index contributed by atoms with van der Waals surface area (Å²) in [5.41, 5.74) is 0.977. The molecule has 0 saturated carbocycles. The molecule has 3 nitrogen and oxygen atoms in total. The molecule has 2 aromatic rings. The molecule has 0 amide bonds. The predicted molar refractivity (Wildman–Crippen MR) is 70.1 cm³/mol. The van der Waals surface area contributed by atoms with Gasteiger partial charge in [-0.05, 0) is 18.2 Å². The Morgan fingerprint density at radius 1 is 1.39 bits per heavy atom. The van der Waals surface area contributed by atoms with Gasteiger partial charge in [0.1, 0.15) is 12.4 Å². The monoisotopic (exact) mass is 262 g/mol. The molecule has 0 aromatic carbocycles. The van der Waals surface area contributed by atoms with Crippen molar-refractivity contribution in [1.82, 2.24) is 0 Å². The van der Waals surface area contributed by atoms with E-state index < -0.39 is 0 Å². The molecule has 0 unspecified atom stereocenters. The van der Waals surface area contributed by atoms with Crippen molar-refractivity contribution in [1.29, 1.82) is 0 Å². The lowest BCUT2D eigenvalue weighted by atomic mass is 10.3. The molecule has 18 heavy (non-hydrogen) atoms. The first-order valence-electron chi connectivity index (χ1n) is 5.66. The Hall–Kier alpha value is -1.54. The average molecular weight is 262 g/mol. The van der Waals surface area contributed by atoms with Crippen molar-refractivity contribution in [3.8, 4) is 11.8 Å². The maximum absolute atomic E-state index is 8.63. The summed E-state index contributed by atoms with van der Waals surface area (Å²) in [6.45, 7) is 1.15. The number of furan rings is 1. The maximum atomic E-state index is 8.63. The van der Waals surface area contributed by atoms with Gasteiger partial charge in [0.15, 0.2) is 0 Å². The van der Waals surface area contributed by atoms with Crippen molar-refractivity contribution in [2.45, 2.75) is 19.6 Å². The van der Waals surface area contributed by atoms with Crippen molar-refractivity contribution in [2.75, 3.05) is 6.61 Å². The number of hydrogen-bond donors (Lipinski definition) is 1. The van der Waals surface area contributed by atoms with E-state index in [1.54, 1.807) is 17.6 Å². The SMILES string of the molecule is OCCC#Cc1csc(COCc2ccco2)c1. The fourth-order valence-electron chi connectivity index (χ4n) is 1.39. The number of aliphatic hydroxyl groups excluding tert-OH is 1. The standard InChI is InChI=1S/C14H14O3S/c15-6-2-1-4-12-8-14(18-11-12)10-16-9-13-5-3-7-17-13/h3,5,7-8,11,15H,2,6,9-10H2. The summed E-state index contributed by atoms with van der Waals surface area (Å²) in [5, 5.41) is 10.6. The molecular weight excluding hydrogens is 248 g/mol. The Kier molecular flexibility index (Phi) is 5.03. The van der Waals surface area contributed by atoms with E-state index in [0.717, 1.165) is 16.2 Å². The van der Waals surface area contributed by atoms with E-state index in [9.17, 15) is 0 Å². The highest BCUT2D eigenvalue weighted by Gasteiger charge is 2.00. The van der Waals surface area contributed by atoms with Crippen molar-refractivity contribution < 1.29 is 14.3 Å². The minimum atomic E-state index is 0.107. The van der Waals surface area contributed by atoms with E-state index in [-0.39, 0.29) is 6.61 Å². The number of rotatable bonds is 5. The smallest absolute Gasteiger partial charge is 0.129 e. The first-order valence-corrected chi connectivity index (χ1v) is 6.53. The van der Waals surface area contributed by atoms with Crippen LogP contribution in [0, 0.1) is 11.8 Å². The van der Waals surface area contributed by atoms with Crippen molar-refractivity contribution in [2.24, 2.45) is 0 Å². The molecule has 0 saturated heterocycles. The maximum Gasteiger partial charge on any atom is 0.129 e. The fourth-order valence-corrected chi connectivity index (χ4v) is 2.14. The largest absolute Gasteiger partial charge is 0.467 e. The second-order valence-electron chi connectivity index (χ2n) is 3.65.